The third-order valence-electron chi connectivity index (χ3n) is 0.952. The summed E-state index contributed by atoms with van der Waals surface area (Å²) in [5.41, 5.74) is 0. The van der Waals surface area contributed by atoms with Crippen LogP contribution in [0.5, 0.6) is 0 Å². The number of carbonyl (C=O) groups is 1. The first-order valence-electron chi connectivity index (χ1n) is 2.60. The highest BCUT2D eigenvalue weighted by Gasteiger charge is 2.17. The molecule has 0 heterocycles. The van der Waals surface area contributed by atoms with E-state index in [2.05, 4.69) is 4.74 Å². The van der Waals surface area contributed by atoms with Gasteiger partial charge in [0, 0.05) is 17.7 Å². The molecule has 0 fully saturated rings. The Bertz CT molecular complexity index is 236. The molecule has 0 saturated heterocycles. The lowest BCUT2D eigenvalue weighted by Crippen LogP contribution is -2.29. The fraction of sp³-hybridized carbons (Fsp3) is 0.750. The predicted octanol–water partition coefficient (Wildman–Crippen LogP) is -0.425. The lowest BCUT2D eigenvalue weighted by atomic mass is 10.7. The highest BCUT2D eigenvalue weighted by molar-refractivity contribution is 8.11. The number of hydrogen-bond acceptors (Lipinski definition) is 4. The summed E-state index contributed by atoms with van der Waals surface area (Å²) in [7, 11) is 3.42. The number of ether oxygens (including phenoxy) is 1. The van der Waals surface area contributed by atoms with Crippen LogP contribution in [0.25, 0.3) is 0 Å². The summed E-state index contributed by atoms with van der Waals surface area (Å²) in [6, 6.07) is 0. The van der Waals surface area contributed by atoms with E-state index >= 15 is 0 Å². The molecule has 5 nitrogen and oxygen atoms in total. The SMILES string of the molecule is COC(=O)CN(C)S(=O)(=O)Cl. The fourth-order valence-corrected chi connectivity index (χ4v) is 0.729. The van der Waals surface area contributed by atoms with Gasteiger partial charge in [-0.2, -0.15) is 12.7 Å². The van der Waals surface area contributed by atoms with Crippen LogP contribution in [0.4, 0.5) is 0 Å². The van der Waals surface area contributed by atoms with E-state index in [1.54, 1.807) is 0 Å². The van der Waals surface area contributed by atoms with Crippen molar-refractivity contribution in [1.29, 1.82) is 0 Å². The van der Waals surface area contributed by atoms with E-state index in [0.717, 1.165) is 7.11 Å². The van der Waals surface area contributed by atoms with E-state index in [-0.39, 0.29) is 6.54 Å². The van der Waals surface area contributed by atoms with Crippen molar-refractivity contribution in [2.24, 2.45) is 0 Å². The molecule has 11 heavy (non-hydrogen) atoms. The molecule has 0 unspecified atom stereocenters. The van der Waals surface area contributed by atoms with Crippen LogP contribution in [0, 0.1) is 0 Å². The Labute approximate surface area is 69.4 Å². The molecule has 0 bridgehead atoms. The van der Waals surface area contributed by atoms with Crippen LogP contribution in [-0.2, 0) is 18.8 Å². The van der Waals surface area contributed by atoms with E-state index in [9.17, 15) is 13.2 Å². The van der Waals surface area contributed by atoms with E-state index in [4.69, 9.17) is 10.7 Å². The summed E-state index contributed by atoms with van der Waals surface area (Å²) in [4.78, 5) is 10.5. The topological polar surface area (TPSA) is 63.7 Å². The lowest BCUT2D eigenvalue weighted by molar-refractivity contribution is -0.140. The molecule has 0 atom stereocenters. The van der Waals surface area contributed by atoms with Gasteiger partial charge in [-0.3, -0.25) is 4.79 Å². The molecule has 0 radical (unpaired) electrons. The number of carbonyl (C=O) groups excluding carboxylic acids is 1. The monoisotopic (exact) mass is 201 g/mol. The molecular formula is C4H8ClNO4S. The maximum atomic E-state index is 10.5. The summed E-state index contributed by atoms with van der Waals surface area (Å²) in [5.74, 6) is -0.656. The predicted molar refractivity (Wildman–Crippen MR) is 39.4 cm³/mol. The Kier molecular flexibility index (Phi) is 3.77. The van der Waals surface area contributed by atoms with Gasteiger partial charge in [0.15, 0.2) is 0 Å². The van der Waals surface area contributed by atoms with Gasteiger partial charge in [0.2, 0.25) is 0 Å². The largest absolute Gasteiger partial charge is 0.468 e. The molecule has 7 heteroatoms. The minimum absolute atomic E-state index is 0.373. The zero-order valence-electron chi connectivity index (χ0n) is 6.07. The van der Waals surface area contributed by atoms with Crippen LogP contribution in [0.3, 0.4) is 0 Å². The van der Waals surface area contributed by atoms with Crippen LogP contribution in [0.2, 0.25) is 0 Å². The second-order valence-electron chi connectivity index (χ2n) is 1.77. The van der Waals surface area contributed by atoms with Gasteiger partial charge in [0.25, 0.3) is 9.24 Å². The first-order chi connectivity index (χ1) is 4.88. The number of rotatable bonds is 3. The molecule has 0 amide bonds. The van der Waals surface area contributed by atoms with E-state index in [1.807, 2.05) is 0 Å². The summed E-state index contributed by atoms with van der Waals surface area (Å²) in [6.07, 6.45) is 0. The minimum atomic E-state index is -3.80. The van der Waals surface area contributed by atoms with E-state index in [1.165, 1.54) is 7.05 Å². The molecule has 0 rings (SSSR count). The summed E-state index contributed by atoms with van der Waals surface area (Å²) in [6.45, 7) is -0.373. The summed E-state index contributed by atoms with van der Waals surface area (Å²) < 4.78 is 25.8. The number of hydrogen-bond donors (Lipinski definition) is 0. The van der Waals surface area contributed by atoms with Crippen LogP contribution < -0.4 is 0 Å². The van der Waals surface area contributed by atoms with Crippen molar-refractivity contribution in [3.63, 3.8) is 0 Å². The molecular weight excluding hydrogens is 194 g/mol. The maximum absolute atomic E-state index is 10.5. The van der Waals surface area contributed by atoms with E-state index in [0.29, 0.717) is 4.31 Å². The van der Waals surface area contributed by atoms with Crippen LogP contribution in [0.15, 0.2) is 0 Å². The molecule has 0 aliphatic rings. The first kappa shape index (κ1) is 10.7. The number of nitrogens with zero attached hydrogens (tertiary/aromatic N) is 1. The zero-order valence-corrected chi connectivity index (χ0v) is 7.65. The second kappa shape index (κ2) is 3.89. The number of likely N-dealkylation sites (N-methyl/N-ethyl adjacent to an activating group) is 1. The van der Waals surface area contributed by atoms with Crippen molar-refractivity contribution in [3.8, 4) is 0 Å². The molecule has 0 saturated carbocycles. The van der Waals surface area contributed by atoms with Gasteiger partial charge < -0.3 is 4.74 Å². The molecule has 0 aliphatic carbocycles. The fourth-order valence-electron chi connectivity index (χ4n) is 0.323. The molecule has 0 aromatic carbocycles. The molecule has 0 spiro atoms. The number of esters is 1. The Morgan fingerprint density at radius 1 is 1.64 bits per heavy atom. The highest BCUT2D eigenvalue weighted by Crippen LogP contribution is 2.01. The van der Waals surface area contributed by atoms with Gasteiger partial charge in [-0.1, -0.05) is 0 Å². The second-order valence-corrected chi connectivity index (χ2v) is 4.39. The zero-order chi connectivity index (χ0) is 9.07. The lowest BCUT2D eigenvalue weighted by Gasteiger charge is -2.09. The highest BCUT2D eigenvalue weighted by atomic mass is 35.7. The average Bonchev–Trinajstić information content (AvgIpc) is 1.85. The van der Waals surface area contributed by atoms with Crippen molar-refractivity contribution in [1.82, 2.24) is 4.31 Å². The van der Waals surface area contributed by atoms with Gasteiger partial charge in [0.1, 0.15) is 6.54 Å². The molecule has 0 aromatic heterocycles. The van der Waals surface area contributed by atoms with Crippen molar-refractivity contribution >= 4 is 25.9 Å². The van der Waals surface area contributed by atoms with Gasteiger partial charge in [-0.25, -0.2) is 0 Å². The Hall–Kier alpha value is -0.330. The maximum Gasteiger partial charge on any atom is 0.321 e. The van der Waals surface area contributed by atoms with Gasteiger partial charge in [-0.05, 0) is 0 Å². The Morgan fingerprint density at radius 2 is 2.09 bits per heavy atom. The van der Waals surface area contributed by atoms with E-state index < -0.39 is 15.2 Å². The van der Waals surface area contributed by atoms with Gasteiger partial charge in [0.05, 0.1) is 7.11 Å². The van der Waals surface area contributed by atoms with Crippen molar-refractivity contribution in [3.05, 3.63) is 0 Å². The van der Waals surface area contributed by atoms with Gasteiger partial charge in [-0.15, -0.1) is 0 Å². The van der Waals surface area contributed by atoms with Crippen molar-refractivity contribution in [2.75, 3.05) is 20.7 Å². The minimum Gasteiger partial charge on any atom is -0.468 e. The van der Waals surface area contributed by atoms with Crippen molar-refractivity contribution < 1.29 is 17.9 Å². The van der Waals surface area contributed by atoms with Gasteiger partial charge >= 0.3 is 5.97 Å². The number of halogens is 1. The third kappa shape index (κ3) is 4.18. The van der Waals surface area contributed by atoms with Crippen LogP contribution in [0.1, 0.15) is 0 Å². The number of methoxy groups -OCH3 is 1. The molecule has 0 aliphatic heterocycles. The average molecular weight is 202 g/mol. The first-order valence-corrected chi connectivity index (χ1v) is 4.87. The molecule has 0 aromatic rings. The summed E-state index contributed by atoms with van der Waals surface area (Å²) >= 11 is 0. The standard InChI is InChI=1S/C4H8ClNO4S/c1-6(11(5,8)9)3-4(7)10-2/h3H2,1-2H3. The van der Waals surface area contributed by atoms with Crippen LogP contribution >= 0.6 is 10.7 Å². The Balaban J connectivity index is 4.10. The molecule has 0 N–H and O–H groups in total. The third-order valence-corrected chi connectivity index (χ3v) is 2.53. The quantitative estimate of drug-likeness (QED) is 0.460. The smallest absolute Gasteiger partial charge is 0.321 e. The molecule has 66 valence electrons. The van der Waals surface area contributed by atoms with Crippen LogP contribution in [-0.4, -0.2) is 39.4 Å². The normalized spacial score (nSPS) is 11.6. The van der Waals surface area contributed by atoms with Crippen molar-refractivity contribution in [2.45, 2.75) is 0 Å². The summed E-state index contributed by atoms with van der Waals surface area (Å²) in [5, 5.41) is 0. The Morgan fingerprint density at radius 3 is 2.36 bits per heavy atom.